The zero-order chi connectivity index (χ0) is 29.4. The third-order valence-electron chi connectivity index (χ3n) is 8.25. The molecule has 6 aromatic rings. The number of rotatable bonds is 9. The van der Waals surface area contributed by atoms with Crippen molar-refractivity contribution in [3.8, 4) is 11.5 Å². The standard InChI is InChI=1S/C34H32N4O5/c1-40-26-12-8-24(9-13-26)34(23-6-4-3-5-7-23,25-10-14-27(41-2)15-11-25)42-21-30-29(39)20-31(43-30)38-18-16-28-32-35-17-19-37(32)22-36-33(28)38/h3-19,22,29-31,39H,20-21H2,1-2H3/t29-,30+,31+/m0/s1. The van der Waals surface area contributed by atoms with Crippen LogP contribution in [0.25, 0.3) is 16.7 Å². The zero-order valence-corrected chi connectivity index (χ0v) is 23.9. The number of imidazole rings is 1. The molecule has 9 heteroatoms. The molecule has 43 heavy (non-hydrogen) atoms. The van der Waals surface area contributed by atoms with Crippen molar-refractivity contribution in [2.45, 2.75) is 30.5 Å². The van der Waals surface area contributed by atoms with Crippen molar-refractivity contribution in [3.63, 3.8) is 0 Å². The fourth-order valence-corrected chi connectivity index (χ4v) is 6.03. The Labute approximate surface area is 248 Å². The molecule has 1 N–H and O–H groups in total. The summed E-state index contributed by atoms with van der Waals surface area (Å²) in [6.07, 6.45) is 5.99. The molecule has 4 heterocycles. The number of aliphatic hydroxyl groups is 1. The summed E-state index contributed by atoms with van der Waals surface area (Å²) in [5.74, 6) is 1.50. The lowest BCUT2D eigenvalue weighted by molar-refractivity contribution is -0.0930. The van der Waals surface area contributed by atoms with Crippen molar-refractivity contribution in [3.05, 3.63) is 127 Å². The Balaban J connectivity index is 1.24. The molecule has 0 unspecified atom stereocenters. The van der Waals surface area contributed by atoms with Gasteiger partial charge in [0.1, 0.15) is 47.1 Å². The Morgan fingerprint density at radius 2 is 1.47 bits per heavy atom. The number of ether oxygens (including phenoxy) is 4. The van der Waals surface area contributed by atoms with E-state index in [4.69, 9.17) is 18.9 Å². The Morgan fingerprint density at radius 1 is 0.814 bits per heavy atom. The van der Waals surface area contributed by atoms with E-state index in [1.165, 1.54) is 0 Å². The van der Waals surface area contributed by atoms with Gasteiger partial charge in [-0.05, 0) is 47.0 Å². The lowest BCUT2D eigenvalue weighted by Crippen LogP contribution is -2.38. The van der Waals surface area contributed by atoms with Crippen molar-refractivity contribution in [1.29, 1.82) is 0 Å². The molecule has 1 aliphatic heterocycles. The smallest absolute Gasteiger partial charge is 0.148 e. The first-order valence-corrected chi connectivity index (χ1v) is 14.2. The fraction of sp³-hybridized carbons (Fsp3) is 0.235. The van der Waals surface area contributed by atoms with Gasteiger partial charge in [-0.2, -0.15) is 0 Å². The molecule has 0 spiro atoms. The molecule has 1 aliphatic rings. The minimum absolute atomic E-state index is 0.141. The van der Waals surface area contributed by atoms with Crippen LogP contribution in [-0.4, -0.2) is 57.1 Å². The van der Waals surface area contributed by atoms with E-state index in [2.05, 4.69) is 22.1 Å². The lowest BCUT2D eigenvalue weighted by Gasteiger charge is -2.37. The molecule has 3 atom stereocenters. The van der Waals surface area contributed by atoms with Crippen LogP contribution < -0.4 is 9.47 Å². The summed E-state index contributed by atoms with van der Waals surface area (Å²) in [5.41, 5.74) is 3.35. The summed E-state index contributed by atoms with van der Waals surface area (Å²) in [7, 11) is 3.30. The molecule has 0 saturated carbocycles. The number of hydrogen-bond donors (Lipinski definition) is 1. The van der Waals surface area contributed by atoms with Crippen LogP contribution in [0.2, 0.25) is 0 Å². The third kappa shape index (κ3) is 4.71. The van der Waals surface area contributed by atoms with E-state index < -0.39 is 24.0 Å². The Bertz CT molecular complexity index is 1790. The normalized spacial score (nSPS) is 18.8. The van der Waals surface area contributed by atoms with Crippen LogP contribution in [0.1, 0.15) is 29.3 Å². The summed E-state index contributed by atoms with van der Waals surface area (Å²) in [5, 5.41) is 12.1. The van der Waals surface area contributed by atoms with Crippen LogP contribution in [0, 0.1) is 0 Å². The molecule has 3 aromatic heterocycles. The number of methoxy groups -OCH3 is 2. The van der Waals surface area contributed by atoms with Gasteiger partial charge >= 0.3 is 0 Å². The first-order valence-electron chi connectivity index (χ1n) is 14.2. The van der Waals surface area contributed by atoms with Crippen LogP contribution in [0.3, 0.4) is 0 Å². The fourth-order valence-electron chi connectivity index (χ4n) is 6.03. The highest BCUT2D eigenvalue weighted by molar-refractivity contribution is 5.89. The topological polar surface area (TPSA) is 92.3 Å². The Morgan fingerprint density at radius 3 is 2.12 bits per heavy atom. The van der Waals surface area contributed by atoms with Gasteiger partial charge in [0.2, 0.25) is 0 Å². The van der Waals surface area contributed by atoms with Gasteiger partial charge in [-0.3, -0.25) is 4.40 Å². The molecule has 0 amide bonds. The number of aromatic nitrogens is 4. The Kier molecular flexibility index (Phi) is 7.06. The van der Waals surface area contributed by atoms with Gasteiger partial charge in [0, 0.05) is 25.0 Å². The summed E-state index contributed by atoms with van der Waals surface area (Å²) in [6, 6.07) is 27.8. The second-order valence-corrected chi connectivity index (χ2v) is 10.6. The van der Waals surface area contributed by atoms with E-state index in [0.717, 1.165) is 44.9 Å². The average molecular weight is 577 g/mol. The summed E-state index contributed by atoms with van der Waals surface area (Å²) in [4.78, 5) is 9.11. The molecular formula is C34H32N4O5. The molecule has 9 nitrogen and oxygen atoms in total. The van der Waals surface area contributed by atoms with Crippen LogP contribution in [0.5, 0.6) is 11.5 Å². The van der Waals surface area contributed by atoms with E-state index in [0.29, 0.717) is 6.42 Å². The second-order valence-electron chi connectivity index (χ2n) is 10.6. The molecule has 1 fully saturated rings. The minimum atomic E-state index is -1.01. The maximum absolute atomic E-state index is 11.2. The third-order valence-corrected chi connectivity index (χ3v) is 8.25. The lowest BCUT2D eigenvalue weighted by atomic mass is 9.80. The second kappa shape index (κ2) is 11.2. The van der Waals surface area contributed by atoms with E-state index >= 15 is 0 Å². The van der Waals surface area contributed by atoms with Gasteiger partial charge in [-0.1, -0.05) is 54.6 Å². The van der Waals surface area contributed by atoms with Gasteiger partial charge in [-0.15, -0.1) is 0 Å². The molecule has 0 radical (unpaired) electrons. The van der Waals surface area contributed by atoms with Crippen molar-refractivity contribution < 1.29 is 24.1 Å². The van der Waals surface area contributed by atoms with Crippen molar-refractivity contribution in [2.75, 3.05) is 20.8 Å². The van der Waals surface area contributed by atoms with E-state index in [9.17, 15) is 5.11 Å². The highest BCUT2D eigenvalue weighted by atomic mass is 16.6. The summed E-state index contributed by atoms with van der Waals surface area (Å²) >= 11 is 0. The molecule has 0 bridgehead atoms. The van der Waals surface area contributed by atoms with Gasteiger partial charge < -0.3 is 28.6 Å². The Hall–Kier alpha value is -4.70. The molecular weight excluding hydrogens is 544 g/mol. The maximum atomic E-state index is 11.2. The van der Waals surface area contributed by atoms with Crippen molar-refractivity contribution >= 4 is 16.7 Å². The number of fused-ring (bicyclic) bond motifs is 3. The molecule has 7 rings (SSSR count). The molecule has 218 valence electrons. The quantitative estimate of drug-likeness (QED) is 0.232. The first kappa shape index (κ1) is 27.2. The van der Waals surface area contributed by atoms with Crippen LogP contribution >= 0.6 is 0 Å². The first-order chi connectivity index (χ1) is 21.1. The largest absolute Gasteiger partial charge is 0.497 e. The summed E-state index contributed by atoms with van der Waals surface area (Å²) in [6.45, 7) is 0.141. The van der Waals surface area contributed by atoms with Gasteiger partial charge in [-0.25, -0.2) is 9.97 Å². The van der Waals surface area contributed by atoms with Crippen LogP contribution in [0.15, 0.2) is 110 Å². The molecule has 3 aromatic carbocycles. The number of aliphatic hydroxyl groups excluding tert-OH is 1. The molecule has 1 saturated heterocycles. The molecule has 0 aliphatic carbocycles. The zero-order valence-electron chi connectivity index (χ0n) is 23.9. The number of benzene rings is 3. The monoisotopic (exact) mass is 576 g/mol. The summed E-state index contributed by atoms with van der Waals surface area (Å²) < 4.78 is 28.2. The van der Waals surface area contributed by atoms with Crippen molar-refractivity contribution in [2.24, 2.45) is 0 Å². The van der Waals surface area contributed by atoms with Crippen molar-refractivity contribution in [1.82, 2.24) is 18.9 Å². The van der Waals surface area contributed by atoms with E-state index in [-0.39, 0.29) is 6.61 Å². The number of nitrogens with zero attached hydrogens (tertiary/aromatic N) is 4. The van der Waals surface area contributed by atoms with Crippen LogP contribution in [0.4, 0.5) is 0 Å². The van der Waals surface area contributed by atoms with Gasteiger partial charge in [0.05, 0.1) is 32.3 Å². The van der Waals surface area contributed by atoms with Gasteiger partial charge in [0.15, 0.2) is 0 Å². The van der Waals surface area contributed by atoms with Crippen LogP contribution in [-0.2, 0) is 15.1 Å². The van der Waals surface area contributed by atoms with Gasteiger partial charge in [0.25, 0.3) is 0 Å². The average Bonchev–Trinajstić information content (AvgIpc) is 3.80. The highest BCUT2D eigenvalue weighted by Gasteiger charge is 2.42. The SMILES string of the molecule is COc1ccc(C(OC[C@H]2O[C@@H](n3ccc4c3ncn3ccnc43)C[C@@H]2O)(c2ccccc2)c2ccc(OC)cc2)cc1. The predicted molar refractivity (Wildman–Crippen MR) is 161 cm³/mol. The van der Waals surface area contributed by atoms with E-state index in [1.807, 2.05) is 94.2 Å². The minimum Gasteiger partial charge on any atom is -0.497 e. The maximum Gasteiger partial charge on any atom is 0.148 e. The number of hydrogen-bond acceptors (Lipinski definition) is 7. The van der Waals surface area contributed by atoms with E-state index in [1.54, 1.807) is 26.7 Å². The highest BCUT2D eigenvalue weighted by Crippen LogP contribution is 2.43. The predicted octanol–water partition coefficient (Wildman–Crippen LogP) is 5.36.